The average molecular weight is 358 g/mol. The monoisotopic (exact) mass is 357 g/mol. The molecule has 0 fully saturated rings. The maximum absolute atomic E-state index is 11.4. The van der Waals surface area contributed by atoms with Gasteiger partial charge >= 0.3 is 5.97 Å². The Hall–Kier alpha value is -2.79. The van der Waals surface area contributed by atoms with E-state index in [4.69, 9.17) is 21.1 Å². The summed E-state index contributed by atoms with van der Waals surface area (Å²) in [4.78, 5) is 15.8. The maximum atomic E-state index is 11.4. The Morgan fingerprint density at radius 1 is 1.04 bits per heavy atom. The zero-order valence-corrected chi connectivity index (χ0v) is 14.5. The standard InChI is InChI=1S/C19H16ClNO4/c1-12(19(22)23-2)24-15-5-7-16(8-6-15)25-18-10-3-13-11-14(20)4-9-17(13)21-18/h3-12H,1-2H3/t12-/m1/s1. The Balaban J connectivity index is 1.71. The molecule has 0 bridgehead atoms. The lowest BCUT2D eigenvalue weighted by Gasteiger charge is -2.12. The number of ether oxygens (including phenoxy) is 3. The van der Waals surface area contributed by atoms with Gasteiger partial charge in [-0.15, -0.1) is 0 Å². The van der Waals surface area contributed by atoms with Crippen molar-refractivity contribution in [1.29, 1.82) is 0 Å². The van der Waals surface area contributed by atoms with Crippen LogP contribution in [0.25, 0.3) is 10.9 Å². The zero-order chi connectivity index (χ0) is 17.8. The van der Waals surface area contributed by atoms with E-state index in [2.05, 4.69) is 9.72 Å². The number of rotatable bonds is 5. The molecule has 3 rings (SSSR count). The molecule has 0 saturated carbocycles. The van der Waals surface area contributed by atoms with Gasteiger partial charge in [-0.25, -0.2) is 9.78 Å². The summed E-state index contributed by atoms with van der Waals surface area (Å²) in [5.41, 5.74) is 0.800. The molecule has 2 aromatic carbocycles. The van der Waals surface area contributed by atoms with E-state index in [1.54, 1.807) is 43.3 Å². The van der Waals surface area contributed by atoms with Crippen molar-refractivity contribution >= 4 is 28.5 Å². The van der Waals surface area contributed by atoms with Crippen LogP contribution < -0.4 is 9.47 Å². The maximum Gasteiger partial charge on any atom is 0.346 e. The number of halogens is 1. The highest BCUT2D eigenvalue weighted by Crippen LogP contribution is 2.26. The SMILES string of the molecule is COC(=O)[C@@H](C)Oc1ccc(Oc2ccc3cc(Cl)ccc3n2)cc1. The van der Waals surface area contributed by atoms with E-state index in [1.807, 2.05) is 18.2 Å². The molecule has 0 N–H and O–H groups in total. The molecule has 0 spiro atoms. The number of aromatic nitrogens is 1. The number of fused-ring (bicyclic) bond motifs is 1. The lowest BCUT2D eigenvalue weighted by molar-refractivity contribution is -0.147. The lowest BCUT2D eigenvalue weighted by Crippen LogP contribution is -2.24. The molecule has 1 heterocycles. The van der Waals surface area contributed by atoms with Crippen molar-refractivity contribution in [3.63, 3.8) is 0 Å². The van der Waals surface area contributed by atoms with Gasteiger partial charge in [-0.1, -0.05) is 11.6 Å². The van der Waals surface area contributed by atoms with E-state index in [1.165, 1.54) is 7.11 Å². The predicted molar refractivity (Wildman–Crippen MR) is 95.4 cm³/mol. The van der Waals surface area contributed by atoms with Crippen molar-refractivity contribution < 1.29 is 19.0 Å². The molecule has 0 unspecified atom stereocenters. The summed E-state index contributed by atoms with van der Waals surface area (Å²) < 4.78 is 15.9. The van der Waals surface area contributed by atoms with Crippen molar-refractivity contribution in [2.24, 2.45) is 0 Å². The molecular formula is C19H16ClNO4. The lowest BCUT2D eigenvalue weighted by atomic mass is 10.2. The Kier molecular flexibility index (Phi) is 5.05. The van der Waals surface area contributed by atoms with Crippen molar-refractivity contribution in [2.75, 3.05) is 7.11 Å². The van der Waals surface area contributed by atoms with Gasteiger partial charge in [-0.05, 0) is 55.5 Å². The summed E-state index contributed by atoms with van der Waals surface area (Å²) in [6.45, 7) is 1.63. The fourth-order valence-corrected chi connectivity index (χ4v) is 2.44. The average Bonchev–Trinajstić information content (AvgIpc) is 2.62. The molecule has 0 aliphatic heterocycles. The van der Waals surface area contributed by atoms with Gasteiger partial charge in [0.2, 0.25) is 5.88 Å². The molecule has 0 radical (unpaired) electrons. The highest BCUT2D eigenvalue weighted by Gasteiger charge is 2.14. The van der Waals surface area contributed by atoms with Gasteiger partial charge in [0, 0.05) is 16.5 Å². The molecular weight excluding hydrogens is 342 g/mol. The minimum Gasteiger partial charge on any atom is -0.479 e. The first kappa shape index (κ1) is 17.0. The number of hydrogen-bond donors (Lipinski definition) is 0. The number of nitrogens with zero attached hydrogens (tertiary/aromatic N) is 1. The summed E-state index contributed by atoms with van der Waals surface area (Å²) >= 11 is 5.97. The fourth-order valence-electron chi connectivity index (χ4n) is 2.26. The van der Waals surface area contributed by atoms with Crippen molar-refractivity contribution in [1.82, 2.24) is 4.98 Å². The molecule has 5 nitrogen and oxygen atoms in total. The molecule has 0 saturated heterocycles. The van der Waals surface area contributed by atoms with Crippen molar-refractivity contribution in [3.05, 3.63) is 59.6 Å². The van der Waals surface area contributed by atoms with Crippen LogP contribution in [0.1, 0.15) is 6.92 Å². The molecule has 128 valence electrons. The van der Waals surface area contributed by atoms with Crippen LogP contribution in [0, 0.1) is 0 Å². The van der Waals surface area contributed by atoms with Gasteiger partial charge in [0.25, 0.3) is 0 Å². The topological polar surface area (TPSA) is 57.7 Å². The zero-order valence-electron chi connectivity index (χ0n) is 13.7. The Bertz CT molecular complexity index is 896. The van der Waals surface area contributed by atoms with Gasteiger partial charge in [0.05, 0.1) is 12.6 Å². The summed E-state index contributed by atoms with van der Waals surface area (Å²) in [7, 11) is 1.32. The Morgan fingerprint density at radius 3 is 2.48 bits per heavy atom. The van der Waals surface area contributed by atoms with Crippen molar-refractivity contribution in [3.8, 4) is 17.4 Å². The van der Waals surface area contributed by atoms with Gasteiger partial charge < -0.3 is 14.2 Å². The van der Waals surface area contributed by atoms with E-state index >= 15 is 0 Å². The molecule has 25 heavy (non-hydrogen) atoms. The van der Waals surface area contributed by atoms with E-state index in [0.717, 1.165) is 10.9 Å². The van der Waals surface area contributed by atoms with Gasteiger partial charge in [0.1, 0.15) is 11.5 Å². The molecule has 1 atom stereocenters. The molecule has 6 heteroatoms. The first-order chi connectivity index (χ1) is 12.0. The van der Waals surface area contributed by atoms with Crippen LogP contribution >= 0.6 is 11.6 Å². The van der Waals surface area contributed by atoms with Gasteiger partial charge in [-0.3, -0.25) is 0 Å². The number of methoxy groups -OCH3 is 1. The largest absolute Gasteiger partial charge is 0.479 e. The number of benzene rings is 2. The quantitative estimate of drug-likeness (QED) is 0.623. The summed E-state index contributed by atoms with van der Waals surface area (Å²) in [5.74, 6) is 1.21. The predicted octanol–water partition coefficient (Wildman–Crippen LogP) is 4.62. The first-order valence-electron chi connectivity index (χ1n) is 7.64. The van der Waals surface area contributed by atoms with Crippen molar-refractivity contribution in [2.45, 2.75) is 13.0 Å². The minimum atomic E-state index is -0.675. The molecule has 0 amide bonds. The van der Waals surface area contributed by atoms with Crippen LogP contribution in [-0.2, 0) is 9.53 Å². The number of esters is 1. The molecule has 0 aliphatic rings. The second-order valence-electron chi connectivity index (χ2n) is 5.34. The number of carbonyl (C=O) groups is 1. The van der Waals surface area contributed by atoms with E-state index in [-0.39, 0.29) is 0 Å². The third-order valence-electron chi connectivity index (χ3n) is 3.52. The Morgan fingerprint density at radius 2 is 1.76 bits per heavy atom. The van der Waals surface area contributed by atoms with Gasteiger partial charge in [0.15, 0.2) is 6.10 Å². The first-order valence-corrected chi connectivity index (χ1v) is 8.01. The highest BCUT2D eigenvalue weighted by atomic mass is 35.5. The minimum absolute atomic E-state index is 0.430. The fraction of sp³-hybridized carbons (Fsp3) is 0.158. The third kappa shape index (κ3) is 4.19. The van der Waals surface area contributed by atoms with Crippen LogP contribution in [0.4, 0.5) is 0 Å². The number of hydrogen-bond acceptors (Lipinski definition) is 5. The molecule has 3 aromatic rings. The summed E-state index contributed by atoms with van der Waals surface area (Å²) in [6, 6.07) is 16.1. The van der Waals surface area contributed by atoms with E-state index in [0.29, 0.717) is 22.4 Å². The normalized spacial score (nSPS) is 11.8. The summed E-state index contributed by atoms with van der Waals surface area (Å²) in [5, 5.41) is 1.61. The molecule has 1 aromatic heterocycles. The molecule has 0 aliphatic carbocycles. The number of pyridine rings is 1. The Labute approximate surface area is 150 Å². The van der Waals surface area contributed by atoms with Crippen LogP contribution in [-0.4, -0.2) is 24.2 Å². The smallest absolute Gasteiger partial charge is 0.346 e. The second-order valence-corrected chi connectivity index (χ2v) is 5.78. The second kappa shape index (κ2) is 7.40. The van der Waals surface area contributed by atoms with Gasteiger partial charge in [-0.2, -0.15) is 0 Å². The van der Waals surface area contributed by atoms with E-state index < -0.39 is 12.1 Å². The van der Waals surface area contributed by atoms with E-state index in [9.17, 15) is 4.79 Å². The van der Waals surface area contributed by atoms with Crippen LogP contribution in [0.5, 0.6) is 17.4 Å². The van der Waals surface area contributed by atoms with Crippen LogP contribution in [0.15, 0.2) is 54.6 Å². The summed E-state index contributed by atoms with van der Waals surface area (Å²) in [6.07, 6.45) is -0.675. The highest BCUT2D eigenvalue weighted by molar-refractivity contribution is 6.31. The van der Waals surface area contributed by atoms with Crippen LogP contribution in [0.3, 0.4) is 0 Å². The third-order valence-corrected chi connectivity index (χ3v) is 3.75. The number of carbonyl (C=O) groups excluding carboxylic acids is 1. The van der Waals surface area contributed by atoms with Crippen LogP contribution in [0.2, 0.25) is 5.02 Å².